The van der Waals surface area contributed by atoms with Gasteiger partial charge in [-0.25, -0.2) is 0 Å². The maximum atomic E-state index is 11.1. The number of carbonyl (C=O) groups excluding carboxylic acids is 1. The molecule has 0 saturated heterocycles. The van der Waals surface area contributed by atoms with Crippen molar-refractivity contribution in [2.45, 2.75) is 6.54 Å². The Bertz CT molecular complexity index is 629. The van der Waals surface area contributed by atoms with Gasteiger partial charge in [0.05, 0.1) is 12.1 Å². The molecule has 4 nitrogen and oxygen atoms in total. The number of hydrogen-bond acceptors (Lipinski definition) is 3. The van der Waals surface area contributed by atoms with Crippen molar-refractivity contribution in [3.8, 4) is 5.75 Å². The molecule has 0 aliphatic heterocycles. The molecule has 2 rings (SSSR count). The highest BCUT2D eigenvalue weighted by molar-refractivity contribution is 6.32. The van der Waals surface area contributed by atoms with Crippen LogP contribution in [0.15, 0.2) is 42.5 Å². The average molecular weight is 291 g/mol. The van der Waals surface area contributed by atoms with Crippen molar-refractivity contribution >= 4 is 23.2 Å². The summed E-state index contributed by atoms with van der Waals surface area (Å²) in [6.07, 6.45) is 0. The van der Waals surface area contributed by atoms with E-state index >= 15 is 0 Å². The SMILES string of the molecule is COc1cc(NCc2cccc(C(N)=O)c2)ccc1Cl. The van der Waals surface area contributed by atoms with Gasteiger partial charge in [-0.1, -0.05) is 23.7 Å². The minimum Gasteiger partial charge on any atom is -0.495 e. The van der Waals surface area contributed by atoms with Crippen molar-refractivity contribution < 1.29 is 9.53 Å². The van der Waals surface area contributed by atoms with Crippen molar-refractivity contribution in [2.75, 3.05) is 12.4 Å². The first-order valence-electron chi connectivity index (χ1n) is 6.06. The van der Waals surface area contributed by atoms with Gasteiger partial charge in [0.1, 0.15) is 5.75 Å². The van der Waals surface area contributed by atoms with Crippen molar-refractivity contribution in [3.05, 3.63) is 58.6 Å². The molecule has 2 aromatic rings. The predicted octanol–water partition coefficient (Wildman–Crippen LogP) is 3.06. The molecule has 2 aromatic carbocycles. The number of rotatable bonds is 5. The molecule has 0 aliphatic rings. The predicted molar refractivity (Wildman–Crippen MR) is 80.3 cm³/mol. The molecular formula is C15H15ClN2O2. The van der Waals surface area contributed by atoms with Crippen LogP contribution in [0.5, 0.6) is 5.75 Å². The first kappa shape index (κ1) is 14.2. The van der Waals surface area contributed by atoms with E-state index in [-0.39, 0.29) is 0 Å². The van der Waals surface area contributed by atoms with E-state index in [0.717, 1.165) is 11.3 Å². The largest absolute Gasteiger partial charge is 0.495 e. The molecule has 0 radical (unpaired) electrons. The molecule has 0 fully saturated rings. The second-order valence-corrected chi connectivity index (χ2v) is 4.67. The summed E-state index contributed by atoms with van der Waals surface area (Å²) in [4.78, 5) is 11.1. The molecule has 0 aromatic heterocycles. The lowest BCUT2D eigenvalue weighted by Gasteiger charge is -2.10. The topological polar surface area (TPSA) is 64.3 Å². The van der Waals surface area contributed by atoms with E-state index in [1.54, 1.807) is 31.4 Å². The molecule has 0 atom stereocenters. The van der Waals surface area contributed by atoms with Crippen LogP contribution >= 0.6 is 11.6 Å². The molecule has 3 N–H and O–H groups in total. The lowest BCUT2D eigenvalue weighted by molar-refractivity contribution is 0.1000. The number of nitrogens with one attached hydrogen (secondary N) is 1. The summed E-state index contributed by atoms with van der Waals surface area (Å²) in [5.41, 5.74) is 7.60. The Hall–Kier alpha value is -2.20. The highest BCUT2D eigenvalue weighted by atomic mass is 35.5. The summed E-state index contributed by atoms with van der Waals surface area (Å²) >= 11 is 5.96. The minimum absolute atomic E-state index is 0.431. The first-order valence-corrected chi connectivity index (χ1v) is 6.44. The quantitative estimate of drug-likeness (QED) is 0.889. The van der Waals surface area contributed by atoms with E-state index in [1.165, 1.54) is 0 Å². The zero-order valence-electron chi connectivity index (χ0n) is 11.0. The summed E-state index contributed by atoms with van der Waals surface area (Å²) in [6.45, 7) is 0.575. The molecule has 0 saturated carbocycles. The normalized spacial score (nSPS) is 10.1. The molecule has 104 valence electrons. The molecule has 0 aliphatic carbocycles. The summed E-state index contributed by atoms with van der Waals surface area (Å²) < 4.78 is 5.16. The van der Waals surface area contributed by atoms with Crippen LogP contribution < -0.4 is 15.8 Å². The first-order chi connectivity index (χ1) is 9.60. The third-order valence-corrected chi connectivity index (χ3v) is 3.17. The van der Waals surface area contributed by atoms with E-state index in [1.807, 2.05) is 18.2 Å². The number of anilines is 1. The monoisotopic (exact) mass is 290 g/mol. The fraction of sp³-hybridized carbons (Fsp3) is 0.133. The molecule has 20 heavy (non-hydrogen) atoms. The van der Waals surface area contributed by atoms with Crippen molar-refractivity contribution in [3.63, 3.8) is 0 Å². The molecule has 0 spiro atoms. The van der Waals surface area contributed by atoms with Gasteiger partial charge in [-0.3, -0.25) is 4.79 Å². The summed E-state index contributed by atoms with van der Waals surface area (Å²) in [5.74, 6) is 0.183. The van der Waals surface area contributed by atoms with Gasteiger partial charge in [-0.15, -0.1) is 0 Å². The van der Waals surface area contributed by atoms with Crippen molar-refractivity contribution in [1.82, 2.24) is 0 Å². The molecular weight excluding hydrogens is 276 g/mol. The van der Waals surface area contributed by atoms with Crippen molar-refractivity contribution in [2.24, 2.45) is 5.73 Å². The van der Waals surface area contributed by atoms with Crippen LogP contribution in [0.25, 0.3) is 0 Å². The van der Waals surface area contributed by atoms with Gasteiger partial charge in [0, 0.05) is 23.9 Å². The Morgan fingerprint density at radius 3 is 2.80 bits per heavy atom. The van der Waals surface area contributed by atoms with Gasteiger partial charge in [0.2, 0.25) is 5.91 Å². The van der Waals surface area contributed by atoms with E-state index in [4.69, 9.17) is 22.1 Å². The smallest absolute Gasteiger partial charge is 0.248 e. The van der Waals surface area contributed by atoms with Crippen LogP contribution in [0.1, 0.15) is 15.9 Å². The van der Waals surface area contributed by atoms with E-state index < -0.39 is 5.91 Å². The fourth-order valence-electron chi connectivity index (χ4n) is 1.81. The average Bonchev–Trinajstić information content (AvgIpc) is 2.46. The lowest BCUT2D eigenvalue weighted by atomic mass is 10.1. The molecule has 0 bridgehead atoms. The molecule has 0 unspecified atom stereocenters. The van der Waals surface area contributed by atoms with Gasteiger partial charge in [0.15, 0.2) is 0 Å². The second-order valence-electron chi connectivity index (χ2n) is 4.27. The van der Waals surface area contributed by atoms with E-state index in [9.17, 15) is 4.79 Å². The van der Waals surface area contributed by atoms with Crippen LogP contribution in [0.3, 0.4) is 0 Å². The maximum Gasteiger partial charge on any atom is 0.248 e. The number of methoxy groups -OCH3 is 1. The highest BCUT2D eigenvalue weighted by Gasteiger charge is 2.03. The highest BCUT2D eigenvalue weighted by Crippen LogP contribution is 2.27. The number of nitrogens with two attached hydrogens (primary N) is 1. The van der Waals surface area contributed by atoms with Gasteiger partial charge in [-0.05, 0) is 29.8 Å². The van der Waals surface area contributed by atoms with Crippen LogP contribution in [-0.2, 0) is 6.54 Å². The Labute approximate surface area is 122 Å². The molecule has 5 heteroatoms. The Morgan fingerprint density at radius 2 is 2.10 bits per heavy atom. The molecule has 1 amide bonds. The van der Waals surface area contributed by atoms with Gasteiger partial charge in [0.25, 0.3) is 0 Å². The van der Waals surface area contributed by atoms with Crippen LogP contribution in [-0.4, -0.2) is 13.0 Å². The Morgan fingerprint density at radius 1 is 1.30 bits per heavy atom. The summed E-state index contributed by atoms with van der Waals surface area (Å²) in [6, 6.07) is 12.6. The zero-order valence-corrected chi connectivity index (χ0v) is 11.8. The van der Waals surface area contributed by atoms with E-state index in [0.29, 0.717) is 22.9 Å². The number of benzene rings is 2. The number of ether oxygens (including phenoxy) is 1. The summed E-state index contributed by atoms with van der Waals surface area (Å²) in [7, 11) is 1.57. The number of halogens is 1. The van der Waals surface area contributed by atoms with Gasteiger partial charge >= 0.3 is 0 Å². The minimum atomic E-state index is -0.431. The number of primary amides is 1. The standard InChI is InChI=1S/C15H15ClN2O2/c1-20-14-8-12(5-6-13(14)16)18-9-10-3-2-4-11(7-10)15(17)19/h2-8,18H,9H2,1H3,(H2,17,19). The zero-order chi connectivity index (χ0) is 14.5. The van der Waals surface area contributed by atoms with Gasteiger partial charge < -0.3 is 15.8 Å². The third-order valence-electron chi connectivity index (χ3n) is 2.86. The van der Waals surface area contributed by atoms with Crippen LogP contribution in [0.2, 0.25) is 5.02 Å². The van der Waals surface area contributed by atoms with Gasteiger partial charge in [-0.2, -0.15) is 0 Å². The van der Waals surface area contributed by atoms with Crippen molar-refractivity contribution in [1.29, 1.82) is 0 Å². The van der Waals surface area contributed by atoms with Crippen LogP contribution in [0, 0.1) is 0 Å². The Balaban J connectivity index is 2.08. The maximum absolute atomic E-state index is 11.1. The third kappa shape index (κ3) is 3.42. The number of amides is 1. The fourth-order valence-corrected chi connectivity index (χ4v) is 2.00. The number of hydrogen-bond donors (Lipinski definition) is 2. The molecule has 0 heterocycles. The second kappa shape index (κ2) is 6.30. The lowest BCUT2D eigenvalue weighted by Crippen LogP contribution is -2.11. The number of carbonyl (C=O) groups is 1. The van der Waals surface area contributed by atoms with E-state index in [2.05, 4.69) is 5.32 Å². The summed E-state index contributed by atoms with van der Waals surface area (Å²) in [5, 5.41) is 3.80. The van der Waals surface area contributed by atoms with Crippen LogP contribution in [0.4, 0.5) is 5.69 Å². The Kier molecular flexibility index (Phi) is 4.48.